The van der Waals surface area contributed by atoms with E-state index in [0.717, 1.165) is 5.56 Å². The van der Waals surface area contributed by atoms with Crippen molar-refractivity contribution in [3.05, 3.63) is 47.7 Å². The Morgan fingerprint density at radius 2 is 2.00 bits per heavy atom. The van der Waals surface area contributed by atoms with Crippen molar-refractivity contribution in [1.29, 1.82) is 0 Å². The Kier molecular flexibility index (Phi) is 2.31. The molecule has 1 aliphatic rings. The SMILES string of the molecule is Cc1ccc(N2C(=O)c3nccnc3C2O)nc1. The summed E-state index contributed by atoms with van der Waals surface area (Å²) < 4.78 is 0. The fraction of sp³-hybridized carbons (Fsp3) is 0.167. The third kappa shape index (κ3) is 1.46. The van der Waals surface area contributed by atoms with Crippen molar-refractivity contribution in [3.8, 4) is 0 Å². The van der Waals surface area contributed by atoms with Crippen LogP contribution in [0.3, 0.4) is 0 Å². The van der Waals surface area contributed by atoms with E-state index in [1.807, 2.05) is 13.0 Å². The van der Waals surface area contributed by atoms with E-state index < -0.39 is 6.23 Å². The van der Waals surface area contributed by atoms with Crippen LogP contribution in [0.2, 0.25) is 0 Å². The molecule has 18 heavy (non-hydrogen) atoms. The Balaban J connectivity index is 2.06. The quantitative estimate of drug-likeness (QED) is 0.801. The highest BCUT2D eigenvalue weighted by Crippen LogP contribution is 2.31. The maximum atomic E-state index is 12.1. The predicted molar refractivity (Wildman–Crippen MR) is 62.8 cm³/mol. The van der Waals surface area contributed by atoms with Gasteiger partial charge < -0.3 is 5.11 Å². The number of anilines is 1. The van der Waals surface area contributed by atoms with Gasteiger partial charge in [0.05, 0.1) is 0 Å². The minimum Gasteiger partial charge on any atom is -0.367 e. The van der Waals surface area contributed by atoms with Crippen molar-refractivity contribution >= 4 is 11.7 Å². The third-order valence-electron chi connectivity index (χ3n) is 2.78. The fourth-order valence-corrected chi connectivity index (χ4v) is 1.88. The second-order valence-corrected chi connectivity index (χ2v) is 4.03. The minimum atomic E-state index is -1.13. The molecule has 2 aromatic rings. The third-order valence-corrected chi connectivity index (χ3v) is 2.78. The molecule has 0 bridgehead atoms. The molecule has 1 amide bonds. The number of hydrogen-bond acceptors (Lipinski definition) is 5. The number of aliphatic hydroxyl groups excluding tert-OH is 1. The Morgan fingerprint density at radius 1 is 1.22 bits per heavy atom. The van der Waals surface area contributed by atoms with Gasteiger partial charge in [-0.25, -0.2) is 9.97 Å². The van der Waals surface area contributed by atoms with Crippen LogP contribution >= 0.6 is 0 Å². The zero-order valence-corrected chi connectivity index (χ0v) is 9.61. The molecule has 90 valence electrons. The molecule has 6 heteroatoms. The van der Waals surface area contributed by atoms with Crippen molar-refractivity contribution < 1.29 is 9.90 Å². The lowest BCUT2D eigenvalue weighted by Gasteiger charge is -2.18. The van der Waals surface area contributed by atoms with Crippen molar-refractivity contribution in [2.75, 3.05) is 4.90 Å². The lowest BCUT2D eigenvalue weighted by molar-refractivity contribution is 0.0929. The fourth-order valence-electron chi connectivity index (χ4n) is 1.88. The van der Waals surface area contributed by atoms with Crippen molar-refractivity contribution in [1.82, 2.24) is 15.0 Å². The number of nitrogens with zero attached hydrogens (tertiary/aromatic N) is 4. The number of hydrogen-bond donors (Lipinski definition) is 1. The summed E-state index contributed by atoms with van der Waals surface area (Å²) in [7, 11) is 0. The molecule has 0 radical (unpaired) electrons. The van der Waals surface area contributed by atoms with E-state index in [9.17, 15) is 9.90 Å². The van der Waals surface area contributed by atoms with E-state index in [-0.39, 0.29) is 17.3 Å². The lowest BCUT2D eigenvalue weighted by Crippen LogP contribution is -2.28. The monoisotopic (exact) mass is 242 g/mol. The molecule has 3 rings (SSSR count). The highest BCUT2D eigenvalue weighted by atomic mass is 16.3. The molecule has 0 aliphatic carbocycles. The zero-order valence-electron chi connectivity index (χ0n) is 9.61. The van der Waals surface area contributed by atoms with Crippen molar-refractivity contribution in [3.63, 3.8) is 0 Å². The molecule has 3 heterocycles. The number of carbonyl (C=O) groups excluding carboxylic acids is 1. The average Bonchev–Trinajstić information content (AvgIpc) is 2.64. The second-order valence-electron chi connectivity index (χ2n) is 4.03. The van der Waals surface area contributed by atoms with E-state index >= 15 is 0 Å². The van der Waals surface area contributed by atoms with E-state index in [1.165, 1.54) is 17.3 Å². The van der Waals surface area contributed by atoms with Gasteiger partial charge in [0.2, 0.25) is 0 Å². The summed E-state index contributed by atoms with van der Waals surface area (Å²) in [6.45, 7) is 1.90. The molecule has 1 N–H and O–H groups in total. The Hall–Kier alpha value is -2.34. The first-order chi connectivity index (χ1) is 8.68. The topological polar surface area (TPSA) is 79.2 Å². The van der Waals surface area contributed by atoms with Crippen LogP contribution in [0, 0.1) is 6.92 Å². The summed E-state index contributed by atoms with van der Waals surface area (Å²) in [6, 6.07) is 3.51. The number of pyridine rings is 1. The van der Waals surface area contributed by atoms with E-state index in [4.69, 9.17) is 0 Å². The Bertz CT molecular complexity index is 612. The maximum absolute atomic E-state index is 12.1. The summed E-state index contributed by atoms with van der Waals surface area (Å²) in [5, 5.41) is 10.1. The molecule has 0 aromatic carbocycles. The minimum absolute atomic E-state index is 0.173. The van der Waals surface area contributed by atoms with E-state index in [0.29, 0.717) is 5.82 Å². The van der Waals surface area contributed by atoms with Crippen LogP contribution in [0.4, 0.5) is 5.82 Å². The molecule has 1 atom stereocenters. The number of aliphatic hydroxyl groups is 1. The van der Waals surface area contributed by atoms with E-state index in [2.05, 4.69) is 15.0 Å². The molecule has 0 spiro atoms. The molecular formula is C12H10N4O2. The number of aromatic nitrogens is 3. The summed E-state index contributed by atoms with van der Waals surface area (Å²) in [5.74, 6) is -0.000136. The molecule has 1 unspecified atom stereocenters. The van der Waals surface area contributed by atoms with Gasteiger partial charge >= 0.3 is 0 Å². The Labute approximate surface area is 103 Å². The maximum Gasteiger partial charge on any atom is 0.282 e. The number of rotatable bonds is 1. The largest absolute Gasteiger partial charge is 0.367 e. The van der Waals surface area contributed by atoms with Gasteiger partial charge in [-0.15, -0.1) is 0 Å². The van der Waals surface area contributed by atoms with Gasteiger partial charge in [-0.1, -0.05) is 6.07 Å². The van der Waals surface area contributed by atoms with Gasteiger partial charge in [-0.2, -0.15) is 0 Å². The normalized spacial score (nSPS) is 18.0. The van der Waals surface area contributed by atoms with Gasteiger partial charge in [0.15, 0.2) is 11.9 Å². The summed E-state index contributed by atoms with van der Waals surface area (Å²) in [5.41, 5.74) is 1.42. The van der Waals surface area contributed by atoms with Gasteiger partial charge in [0.25, 0.3) is 5.91 Å². The van der Waals surface area contributed by atoms with Crippen LogP contribution in [0.15, 0.2) is 30.7 Å². The first kappa shape index (κ1) is 10.8. The van der Waals surface area contributed by atoms with Crippen LogP contribution in [0.5, 0.6) is 0 Å². The molecule has 1 aliphatic heterocycles. The number of fused-ring (bicyclic) bond motifs is 1. The molecule has 0 fully saturated rings. The highest BCUT2D eigenvalue weighted by Gasteiger charge is 2.39. The summed E-state index contributed by atoms with van der Waals surface area (Å²) >= 11 is 0. The molecule has 6 nitrogen and oxygen atoms in total. The number of aryl methyl sites for hydroxylation is 1. The average molecular weight is 242 g/mol. The van der Waals surface area contributed by atoms with Gasteiger partial charge in [-0.05, 0) is 18.6 Å². The summed E-state index contributed by atoms with van der Waals surface area (Å²) in [6.07, 6.45) is 3.38. The number of carbonyl (C=O) groups is 1. The standard InChI is InChI=1S/C12H10N4O2/c1-7-2-3-8(15-6-7)16-11(17)9-10(12(16)18)14-5-4-13-9/h2-6,11,17H,1H3. The van der Waals surface area contributed by atoms with Crippen LogP contribution in [-0.4, -0.2) is 26.0 Å². The van der Waals surface area contributed by atoms with Crippen LogP contribution in [0.25, 0.3) is 0 Å². The van der Waals surface area contributed by atoms with Gasteiger partial charge in [-0.3, -0.25) is 14.7 Å². The molecular weight excluding hydrogens is 232 g/mol. The van der Waals surface area contributed by atoms with Crippen LogP contribution in [-0.2, 0) is 0 Å². The highest BCUT2D eigenvalue weighted by molar-refractivity contribution is 6.08. The Morgan fingerprint density at radius 3 is 2.67 bits per heavy atom. The van der Waals surface area contributed by atoms with Crippen LogP contribution in [0.1, 0.15) is 28.0 Å². The van der Waals surface area contributed by atoms with Gasteiger partial charge in [0, 0.05) is 18.6 Å². The smallest absolute Gasteiger partial charge is 0.282 e. The van der Waals surface area contributed by atoms with Crippen molar-refractivity contribution in [2.45, 2.75) is 13.2 Å². The first-order valence-corrected chi connectivity index (χ1v) is 5.43. The molecule has 2 aromatic heterocycles. The molecule has 0 saturated carbocycles. The number of amides is 1. The van der Waals surface area contributed by atoms with E-state index in [1.54, 1.807) is 12.3 Å². The first-order valence-electron chi connectivity index (χ1n) is 5.43. The molecule has 0 saturated heterocycles. The lowest BCUT2D eigenvalue weighted by atomic mass is 10.3. The summed E-state index contributed by atoms with van der Waals surface area (Å²) in [4.78, 5) is 25.4. The zero-order chi connectivity index (χ0) is 12.7. The van der Waals surface area contributed by atoms with Crippen LogP contribution < -0.4 is 4.90 Å². The second kappa shape index (κ2) is 3.85. The van der Waals surface area contributed by atoms with Gasteiger partial charge in [0.1, 0.15) is 11.5 Å². The van der Waals surface area contributed by atoms with Crippen molar-refractivity contribution in [2.24, 2.45) is 0 Å². The predicted octanol–water partition coefficient (Wildman–Crippen LogP) is 0.831.